The summed E-state index contributed by atoms with van der Waals surface area (Å²) in [6, 6.07) is 0. The average molecular weight is 412 g/mol. The van der Waals surface area contributed by atoms with E-state index in [2.05, 4.69) is 12.2 Å². The molecule has 2 aliphatic rings. The SMILES string of the molecule is C1=C2CCC(=C1)C2.I.[Ir]. The molecule has 1 saturated carbocycles. The molecule has 2 bridgehead atoms. The summed E-state index contributed by atoms with van der Waals surface area (Å²) in [5.41, 5.74) is 3.30. The Hall–Kier alpha value is 0.859. The minimum Gasteiger partial charge on any atom is -0.107 e. The number of hydrogen-bond acceptors (Lipinski definition) is 0. The first-order valence-electron chi connectivity index (χ1n) is 2.82. The van der Waals surface area contributed by atoms with Crippen LogP contribution in [0.3, 0.4) is 0 Å². The quantitative estimate of drug-likeness (QED) is 0.537. The Kier molecular flexibility index (Phi) is 4.26. The second kappa shape index (κ2) is 3.89. The molecule has 0 unspecified atom stereocenters. The fraction of sp³-hybridized carbons (Fsp3) is 0.429. The van der Waals surface area contributed by atoms with E-state index < -0.39 is 0 Å². The fourth-order valence-corrected chi connectivity index (χ4v) is 1.31. The molecule has 0 aromatic heterocycles. The third kappa shape index (κ3) is 1.89. The topological polar surface area (TPSA) is 0 Å². The maximum absolute atomic E-state index is 2.26. The van der Waals surface area contributed by atoms with Gasteiger partial charge in [-0.25, -0.2) is 0 Å². The van der Waals surface area contributed by atoms with E-state index in [9.17, 15) is 0 Å². The smallest absolute Gasteiger partial charge is 0 e. The van der Waals surface area contributed by atoms with Gasteiger partial charge in [-0.05, 0) is 19.3 Å². The van der Waals surface area contributed by atoms with Gasteiger partial charge < -0.3 is 0 Å². The number of halogens is 1. The van der Waals surface area contributed by atoms with Crippen molar-refractivity contribution in [3.63, 3.8) is 0 Å². The van der Waals surface area contributed by atoms with E-state index in [0.29, 0.717) is 0 Å². The van der Waals surface area contributed by atoms with Crippen LogP contribution in [0.15, 0.2) is 23.3 Å². The Balaban J connectivity index is 0.000000320. The first kappa shape index (κ1) is 9.86. The summed E-state index contributed by atoms with van der Waals surface area (Å²) >= 11 is 0. The summed E-state index contributed by atoms with van der Waals surface area (Å²) < 4.78 is 0. The summed E-state index contributed by atoms with van der Waals surface area (Å²) in [5, 5.41) is 0. The van der Waals surface area contributed by atoms with Crippen LogP contribution in [0.4, 0.5) is 0 Å². The number of fused-ring (bicyclic) bond motifs is 2. The molecule has 0 nitrogen and oxygen atoms in total. The molecule has 1 fully saturated rings. The van der Waals surface area contributed by atoms with Crippen LogP contribution < -0.4 is 0 Å². The third-order valence-electron chi connectivity index (χ3n) is 1.78. The van der Waals surface area contributed by atoms with Gasteiger partial charge in [-0.1, -0.05) is 23.3 Å². The normalized spacial score (nSPS) is 19.6. The van der Waals surface area contributed by atoms with Crippen molar-refractivity contribution in [2.75, 3.05) is 0 Å². The van der Waals surface area contributed by atoms with Gasteiger partial charge >= 0.3 is 0 Å². The van der Waals surface area contributed by atoms with Gasteiger partial charge in [0.15, 0.2) is 0 Å². The minimum absolute atomic E-state index is 0. The Morgan fingerprint density at radius 2 is 1.44 bits per heavy atom. The molecule has 2 heteroatoms. The fourth-order valence-electron chi connectivity index (χ4n) is 1.31. The van der Waals surface area contributed by atoms with Crippen molar-refractivity contribution >= 4 is 24.0 Å². The molecule has 0 N–H and O–H groups in total. The molecule has 0 amide bonds. The summed E-state index contributed by atoms with van der Waals surface area (Å²) in [6.07, 6.45) is 8.54. The summed E-state index contributed by atoms with van der Waals surface area (Å²) in [5.74, 6) is 0. The zero-order valence-corrected chi connectivity index (χ0v) is 9.74. The van der Waals surface area contributed by atoms with Crippen molar-refractivity contribution in [1.82, 2.24) is 0 Å². The first-order chi connectivity index (χ1) is 3.45. The molecule has 0 aliphatic heterocycles. The van der Waals surface area contributed by atoms with E-state index in [0.717, 1.165) is 0 Å². The number of allylic oxidation sites excluding steroid dienone is 4. The Labute approximate surface area is 86.2 Å². The van der Waals surface area contributed by atoms with Crippen LogP contribution in [-0.4, -0.2) is 0 Å². The van der Waals surface area contributed by atoms with Gasteiger partial charge in [-0.2, -0.15) is 0 Å². The van der Waals surface area contributed by atoms with E-state index in [1.165, 1.54) is 19.3 Å². The molecule has 0 spiro atoms. The van der Waals surface area contributed by atoms with Crippen molar-refractivity contribution in [3.8, 4) is 0 Å². The Bertz CT molecular complexity index is 140. The van der Waals surface area contributed by atoms with Gasteiger partial charge in [0.05, 0.1) is 0 Å². The molecular formula is C7H9IIr. The third-order valence-corrected chi connectivity index (χ3v) is 1.78. The van der Waals surface area contributed by atoms with Crippen molar-refractivity contribution in [3.05, 3.63) is 23.3 Å². The Morgan fingerprint density at radius 3 is 1.56 bits per heavy atom. The molecule has 2 rings (SSSR count). The molecule has 2 aliphatic carbocycles. The molecule has 0 aromatic rings. The maximum Gasteiger partial charge on any atom is 0 e. The minimum atomic E-state index is 0. The average Bonchev–Trinajstić information content (AvgIpc) is 2.22. The number of hydrogen-bond donors (Lipinski definition) is 0. The van der Waals surface area contributed by atoms with Crippen molar-refractivity contribution in [2.24, 2.45) is 0 Å². The predicted octanol–water partition coefficient (Wildman–Crippen LogP) is 2.65. The first-order valence-corrected chi connectivity index (χ1v) is 2.82. The zero-order chi connectivity index (χ0) is 4.69. The summed E-state index contributed by atoms with van der Waals surface area (Å²) in [7, 11) is 0. The number of rotatable bonds is 0. The van der Waals surface area contributed by atoms with Crippen LogP contribution in [0.25, 0.3) is 0 Å². The van der Waals surface area contributed by atoms with Crippen LogP contribution in [-0.2, 0) is 20.1 Å². The van der Waals surface area contributed by atoms with E-state index in [4.69, 9.17) is 0 Å². The molecular weight excluding hydrogens is 403 g/mol. The molecule has 0 saturated heterocycles. The van der Waals surface area contributed by atoms with E-state index in [-0.39, 0.29) is 44.1 Å². The second-order valence-electron chi connectivity index (χ2n) is 2.33. The molecule has 53 valence electrons. The predicted molar refractivity (Wildman–Crippen MR) is 45.4 cm³/mol. The summed E-state index contributed by atoms with van der Waals surface area (Å²) in [6.45, 7) is 0. The van der Waals surface area contributed by atoms with Crippen LogP contribution in [0, 0.1) is 0 Å². The van der Waals surface area contributed by atoms with Crippen LogP contribution in [0.2, 0.25) is 0 Å². The van der Waals surface area contributed by atoms with Crippen LogP contribution in [0.1, 0.15) is 19.3 Å². The Morgan fingerprint density at radius 1 is 1.00 bits per heavy atom. The zero-order valence-electron chi connectivity index (χ0n) is 5.02. The van der Waals surface area contributed by atoms with Crippen molar-refractivity contribution in [2.45, 2.75) is 19.3 Å². The van der Waals surface area contributed by atoms with Crippen LogP contribution >= 0.6 is 24.0 Å². The van der Waals surface area contributed by atoms with Gasteiger partial charge in [-0.15, -0.1) is 24.0 Å². The largest absolute Gasteiger partial charge is 0.107 e. The standard InChI is InChI=1S/C7H8.HI.Ir/c1-2-7-4-3-6(1)5-7;;/h1-2H,3-5H2;1H;. The molecule has 0 aromatic carbocycles. The summed E-state index contributed by atoms with van der Waals surface area (Å²) in [4.78, 5) is 0. The molecule has 0 atom stereocenters. The van der Waals surface area contributed by atoms with Crippen molar-refractivity contribution in [1.29, 1.82) is 0 Å². The van der Waals surface area contributed by atoms with E-state index >= 15 is 0 Å². The van der Waals surface area contributed by atoms with Gasteiger partial charge in [0.1, 0.15) is 0 Å². The van der Waals surface area contributed by atoms with Gasteiger partial charge in [0.2, 0.25) is 0 Å². The van der Waals surface area contributed by atoms with Gasteiger partial charge in [0.25, 0.3) is 0 Å². The molecule has 0 heterocycles. The van der Waals surface area contributed by atoms with Gasteiger partial charge in [-0.3, -0.25) is 0 Å². The molecule has 1 radical (unpaired) electrons. The van der Waals surface area contributed by atoms with E-state index in [1.54, 1.807) is 11.1 Å². The van der Waals surface area contributed by atoms with Crippen molar-refractivity contribution < 1.29 is 20.1 Å². The molecule has 9 heavy (non-hydrogen) atoms. The van der Waals surface area contributed by atoms with Crippen LogP contribution in [0.5, 0.6) is 0 Å². The monoisotopic (exact) mass is 413 g/mol. The van der Waals surface area contributed by atoms with Gasteiger partial charge in [0, 0.05) is 20.1 Å². The second-order valence-corrected chi connectivity index (χ2v) is 2.33. The maximum atomic E-state index is 2.26. The van der Waals surface area contributed by atoms with E-state index in [1.807, 2.05) is 0 Å².